The monoisotopic (exact) mass is 588 g/mol. The van der Waals surface area contributed by atoms with Crippen LogP contribution in [0.3, 0.4) is 0 Å². The topological polar surface area (TPSA) is 51.7 Å². The number of halogens is 2. The number of likely N-dealkylation sites (tertiary alicyclic amines) is 1. The Labute approximate surface area is 218 Å². The first kappa shape index (κ1) is 25.1. The van der Waals surface area contributed by atoms with Crippen molar-refractivity contribution < 1.29 is 14.3 Å². The second kappa shape index (κ2) is 10.3. The third-order valence-corrected chi connectivity index (χ3v) is 7.31. The summed E-state index contributed by atoms with van der Waals surface area (Å²) >= 11 is 7.19. The van der Waals surface area contributed by atoms with Crippen molar-refractivity contribution in [2.75, 3.05) is 19.7 Å². The molecule has 1 aliphatic heterocycles. The van der Waals surface area contributed by atoms with Gasteiger partial charge in [-0.25, -0.2) is 4.79 Å². The van der Waals surface area contributed by atoms with E-state index in [9.17, 15) is 4.79 Å². The minimum atomic E-state index is -0.495. The number of ether oxygens (including phenoxy) is 2. The van der Waals surface area contributed by atoms with E-state index in [0.717, 1.165) is 38.4 Å². The minimum absolute atomic E-state index is 0.154. The van der Waals surface area contributed by atoms with E-state index in [1.165, 1.54) is 5.56 Å². The third-order valence-electron chi connectivity index (χ3n) is 6.16. The highest BCUT2D eigenvalue weighted by Gasteiger charge is 2.38. The maximum atomic E-state index is 12.6. The smallest absolute Gasteiger partial charge is 0.410 e. The Morgan fingerprint density at radius 2 is 1.76 bits per heavy atom. The lowest BCUT2D eigenvalue weighted by Crippen LogP contribution is -2.48. The van der Waals surface area contributed by atoms with E-state index in [2.05, 4.69) is 62.2 Å². The zero-order chi connectivity index (χ0) is 24.3. The first-order valence-corrected chi connectivity index (χ1v) is 13.1. The molecule has 34 heavy (non-hydrogen) atoms. The predicted molar refractivity (Wildman–Crippen MR) is 142 cm³/mol. The van der Waals surface area contributed by atoms with E-state index >= 15 is 0 Å². The summed E-state index contributed by atoms with van der Waals surface area (Å²) in [5, 5.41) is 1.06. The number of amides is 1. The number of hydrogen-bond donors (Lipinski definition) is 0. The van der Waals surface area contributed by atoms with E-state index < -0.39 is 5.60 Å². The van der Waals surface area contributed by atoms with Gasteiger partial charge in [-0.05, 0) is 63.4 Å². The molecule has 0 spiro atoms. The van der Waals surface area contributed by atoms with Crippen LogP contribution < -0.4 is 0 Å². The van der Waals surface area contributed by atoms with Crippen molar-refractivity contribution in [3.63, 3.8) is 0 Å². The third kappa shape index (κ3) is 5.99. The van der Waals surface area contributed by atoms with Crippen molar-refractivity contribution in [3.8, 4) is 0 Å². The zero-order valence-corrected chi connectivity index (χ0v) is 23.0. The van der Waals surface area contributed by atoms with Gasteiger partial charge in [-0.3, -0.25) is 4.98 Å². The highest BCUT2D eigenvalue weighted by Crippen LogP contribution is 2.37. The average Bonchev–Trinajstić information content (AvgIpc) is 2.79. The van der Waals surface area contributed by atoms with Gasteiger partial charge in [0.15, 0.2) is 0 Å². The van der Waals surface area contributed by atoms with Crippen molar-refractivity contribution in [1.29, 1.82) is 0 Å². The van der Waals surface area contributed by atoms with Gasteiger partial charge in [0.05, 0.1) is 24.4 Å². The van der Waals surface area contributed by atoms with Crippen molar-refractivity contribution in [3.05, 3.63) is 74.8 Å². The normalized spacial score (nSPS) is 16.0. The summed E-state index contributed by atoms with van der Waals surface area (Å²) in [5.41, 5.74) is 2.41. The van der Waals surface area contributed by atoms with Crippen molar-refractivity contribution in [2.45, 2.75) is 51.2 Å². The molecule has 1 fully saturated rings. The summed E-state index contributed by atoms with van der Waals surface area (Å²) < 4.78 is 13.9. The molecule has 180 valence electrons. The van der Waals surface area contributed by atoms with Gasteiger partial charge in [0, 0.05) is 32.8 Å². The Bertz CT molecular complexity index is 1150. The quantitative estimate of drug-likeness (QED) is 0.315. The van der Waals surface area contributed by atoms with E-state index in [4.69, 9.17) is 14.5 Å². The lowest BCUT2D eigenvalue weighted by atomic mass is 9.73. The van der Waals surface area contributed by atoms with Gasteiger partial charge in [-0.2, -0.15) is 0 Å². The number of rotatable bonds is 5. The van der Waals surface area contributed by atoms with E-state index in [-0.39, 0.29) is 11.5 Å². The fourth-order valence-corrected chi connectivity index (χ4v) is 5.33. The Balaban J connectivity index is 1.46. The van der Waals surface area contributed by atoms with Crippen LogP contribution in [0, 0.1) is 0 Å². The van der Waals surface area contributed by atoms with Crippen LogP contribution in [-0.2, 0) is 21.5 Å². The molecule has 3 aromatic rings. The predicted octanol–water partition coefficient (Wildman–Crippen LogP) is 7.25. The number of benzene rings is 2. The largest absolute Gasteiger partial charge is 0.444 e. The van der Waals surface area contributed by atoms with Crippen LogP contribution in [-0.4, -0.2) is 41.3 Å². The van der Waals surface area contributed by atoms with Crippen molar-refractivity contribution in [2.24, 2.45) is 0 Å². The first-order chi connectivity index (χ1) is 16.2. The zero-order valence-electron chi connectivity index (χ0n) is 19.8. The molecule has 1 amide bonds. The Morgan fingerprint density at radius 1 is 1.06 bits per heavy atom. The number of carbonyl (C=O) groups excluding carboxylic acids is 1. The number of pyridine rings is 1. The van der Waals surface area contributed by atoms with Crippen LogP contribution in [0.1, 0.15) is 44.9 Å². The summed E-state index contributed by atoms with van der Waals surface area (Å²) in [6.45, 7) is 7.97. The molecule has 0 atom stereocenters. The van der Waals surface area contributed by atoms with Crippen molar-refractivity contribution in [1.82, 2.24) is 9.88 Å². The molecule has 0 unspecified atom stereocenters. The van der Waals surface area contributed by atoms with Gasteiger partial charge < -0.3 is 14.4 Å². The van der Waals surface area contributed by atoms with E-state index in [1.54, 1.807) is 0 Å². The fraction of sp³-hybridized carbons (Fsp3) is 0.407. The van der Waals surface area contributed by atoms with Crippen molar-refractivity contribution >= 4 is 48.9 Å². The molecule has 5 nitrogen and oxygen atoms in total. The molecule has 0 bridgehead atoms. The Hall–Kier alpha value is -1.96. The number of fused-ring (bicyclic) bond motifs is 1. The molecule has 1 saturated heterocycles. The van der Waals surface area contributed by atoms with Gasteiger partial charge in [0.2, 0.25) is 0 Å². The van der Waals surface area contributed by atoms with Crippen LogP contribution >= 0.6 is 31.9 Å². The standard InChI is InChI=1S/C27H30Br2N2O3/c1-26(2,3)34-25(32)31-13-11-27(12-14-31,19-7-5-4-6-8-19)18-33-17-21-16-23(29)22-15-20(28)9-10-24(22)30-21/h4-10,15-16H,11-14,17-18H2,1-3H3. The summed E-state index contributed by atoms with van der Waals surface area (Å²) in [5.74, 6) is 0. The maximum Gasteiger partial charge on any atom is 0.410 e. The second-order valence-corrected chi connectivity index (χ2v) is 11.6. The maximum absolute atomic E-state index is 12.6. The SMILES string of the molecule is CC(C)(C)OC(=O)N1CCC(COCc2cc(Br)c3cc(Br)ccc3n2)(c2ccccc2)CC1. The molecule has 2 heterocycles. The molecule has 7 heteroatoms. The number of aromatic nitrogens is 1. The molecular formula is C27H30Br2N2O3. The van der Waals surface area contributed by atoms with E-state index in [1.807, 2.05) is 49.9 Å². The van der Waals surface area contributed by atoms with Crippen LogP contribution in [0.15, 0.2) is 63.5 Å². The first-order valence-electron chi connectivity index (χ1n) is 11.5. The van der Waals surface area contributed by atoms with Crippen LogP contribution in [0.25, 0.3) is 10.9 Å². The summed E-state index contributed by atoms with van der Waals surface area (Å²) in [7, 11) is 0. The number of hydrogen-bond acceptors (Lipinski definition) is 4. The fourth-order valence-electron chi connectivity index (χ4n) is 4.38. The Morgan fingerprint density at radius 3 is 2.44 bits per heavy atom. The summed E-state index contributed by atoms with van der Waals surface area (Å²) in [6, 6.07) is 18.6. The van der Waals surface area contributed by atoms with Crippen LogP contribution in [0.2, 0.25) is 0 Å². The van der Waals surface area contributed by atoms with Crippen LogP contribution in [0.5, 0.6) is 0 Å². The second-order valence-electron chi connectivity index (χ2n) is 9.86. The summed E-state index contributed by atoms with van der Waals surface area (Å²) in [6.07, 6.45) is 1.39. The average molecular weight is 590 g/mol. The highest BCUT2D eigenvalue weighted by atomic mass is 79.9. The van der Waals surface area contributed by atoms with E-state index in [0.29, 0.717) is 26.3 Å². The minimum Gasteiger partial charge on any atom is -0.444 e. The van der Waals surface area contributed by atoms with Gasteiger partial charge in [-0.1, -0.05) is 62.2 Å². The number of piperidine rings is 1. The summed E-state index contributed by atoms with van der Waals surface area (Å²) in [4.78, 5) is 19.2. The van der Waals surface area contributed by atoms with Gasteiger partial charge in [0.1, 0.15) is 5.60 Å². The number of nitrogens with zero attached hydrogens (tertiary/aromatic N) is 2. The molecule has 0 N–H and O–H groups in total. The molecular weight excluding hydrogens is 560 g/mol. The number of carbonyl (C=O) groups is 1. The molecule has 1 aromatic heterocycles. The molecule has 2 aromatic carbocycles. The molecule has 0 saturated carbocycles. The lowest BCUT2D eigenvalue weighted by Gasteiger charge is -2.42. The van der Waals surface area contributed by atoms with Gasteiger partial charge >= 0.3 is 6.09 Å². The Kier molecular flexibility index (Phi) is 7.65. The molecule has 0 radical (unpaired) electrons. The molecule has 1 aliphatic rings. The molecule has 4 rings (SSSR count). The highest BCUT2D eigenvalue weighted by molar-refractivity contribution is 9.11. The van der Waals surface area contributed by atoms with Gasteiger partial charge in [0.25, 0.3) is 0 Å². The lowest BCUT2D eigenvalue weighted by molar-refractivity contribution is 0.00305. The van der Waals surface area contributed by atoms with Gasteiger partial charge in [-0.15, -0.1) is 0 Å². The molecule has 0 aliphatic carbocycles. The van der Waals surface area contributed by atoms with Crippen LogP contribution in [0.4, 0.5) is 4.79 Å².